The largest absolute Gasteiger partial charge is 0.391 e. The summed E-state index contributed by atoms with van der Waals surface area (Å²) in [5, 5.41) is 1.84. The fraction of sp³-hybridized carbons (Fsp3) is 0.556. The monoisotopic (exact) mass is 239 g/mol. The molecular formula is C9H12F3NOS. The van der Waals surface area contributed by atoms with Crippen LogP contribution < -0.4 is 5.73 Å². The van der Waals surface area contributed by atoms with Crippen LogP contribution in [0.2, 0.25) is 0 Å². The second kappa shape index (κ2) is 5.48. The van der Waals surface area contributed by atoms with Gasteiger partial charge in [0.05, 0.1) is 13.0 Å². The Bertz CT molecular complexity index is 273. The third-order valence-corrected chi connectivity index (χ3v) is 2.74. The van der Waals surface area contributed by atoms with Crippen molar-refractivity contribution in [2.75, 3.05) is 13.2 Å². The molecule has 0 saturated carbocycles. The molecule has 86 valence electrons. The van der Waals surface area contributed by atoms with Crippen molar-refractivity contribution in [3.8, 4) is 0 Å². The van der Waals surface area contributed by atoms with Crippen molar-refractivity contribution in [2.24, 2.45) is 5.73 Å². The summed E-state index contributed by atoms with van der Waals surface area (Å²) in [6.07, 6.45) is -5.53. The van der Waals surface area contributed by atoms with Crippen molar-refractivity contribution < 1.29 is 17.9 Å². The Balaban J connectivity index is 2.36. The van der Waals surface area contributed by atoms with Crippen LogP contribution in [0.5, 0.6) is 0 Å². The van der Waals surface area contributed by atoms with Crippen molar-refractivity contribution in [1.82, 2.24) is 0 Å². The molecule has 0 amide bonds. The lowest BCUT2D eigenvalue weighted by Crippen LogP contribution is -2.18. The smallest absolute Gasteiger partial charge is 0.371 e. The topological polar surface area (TPSA) is 35.2 Å². The maximum Gasteiger partial charge on any atom is 0.391 e. The second-order valence-electron chi connectivity index (χ2n) is 2.98. The minimum absolute atomic E-state index is 0.193. The Labute approximate surface area is 89.8 Å². The van der Waals surface area contributed by atoms with Gasteiger partial charge in [0.2, 0.25) is 0 Å². The number of hydrogen-bond donors (Lipinski definition) is 1. The van der Waals surface area contributed by atoms with E-state index in [-0.39, 0.29) is 13.2 Å². The molecule has 1 aromatic heterocycles. The summed E-state index contributed by atoms with van der Waals surface area (Å²) in [6.45, 7) is -0.151. The zero-order valence-corrected chi connectivity index (χ0v) is 8.77. The molecule has 1 rings (SSSR count). The predicted molar refractivity (Wildman–Crippen MR) is 52.7 cm³/mol. The van der Waals surface area contributed by atoms with E-state index in [1.807, 2.05) is 11.4 Å². The number of hydrogen-bond acceptors (Lipinski definition) is 3. The molecule has 0 radical (unpaired) electrons. The Hall–Kier alpha value is -0.590. The predicted octanol–water partition coefficient (Wildman–Crippen LogP) is 2.72. The van der Waals surface area contributed by atoms with E-state index in [9.17, 15) is 13.2 Å². The molecule has 0 aliphatic heterocycles. The summed E-state index contributed by atoms with van der Waals surface area (Å²) in [5.41, 5.74) is 5.41. The first-order valence-corrected chi connectivity index (χ1v) is 5.32. The first-order valence-electron chi connectivity index (χ1n) is 4.45. The average molecular weight is 239 g/mol. The van der Waals surface area contributed by atoms with Crippen molar-refractivity contribution in [2.45, 2.75) is 18.7 Å². The minimum atomic E-state index is -4.17. The third-order valence-electron chi connectivity index (χ3n) is 1.78. The summed E-state index contributed by atoms with van der Waals surface area (Å²) in [4.78, 5) is 0.861. The van der Waals surface area contributed by atoms with E-state index in [1.165, 1.54) is 11.3 Å². The maximum atomic E-state index is 11.8. The summed E-state index contributed by atoms with van der Waals surface area (Å²) < 4.78 is 40.6. The highest BCUT2D eigenvalue weighted by molar-refractivity contribution is 7.10. The number of nitrogens with two attached hydrogens (primary N) is 1. The standard InChI is InChI=1S/C9H12F3NOS/c10-9(11,12)3-4-14-7(6-13)8-2-1-5-15-8/h1-2,5,7H,3-4,6,13H2. The van der Waals surface area contributed by atoms with Crippen molar-refractivity contribution in [1.29, 1.82) is 0 Å². The Kier molecular flexibility index (Phi) is 4.56. The fourth-order valence-electron chi connectivity index (χ4n) is 1.06. The molecule has 2 nitrogen and oxygen atoms in total. The van der Waals surface area contributed by atoms with Gasteiger partial charge in [0.25, 0.3) is 0 Å². The first-order chi connectivity index (χ1) is 7.03. The van der Waals surface area contributed by atoms with E-state index in [4.69, 9.17) is 10.5 Å². The van der Waals surface area contributed by atoms with Gasteiger partial charge in [0.1, 0.15) is 6.10 Å². The van der Waals surface area contributed by atoms with Gasteiger partial charge in [0.15, 0.2) is 0 Å². The average Bonchev–Trinajstić information content (AvgIpc) is 2.63. The molecule has 1 aromatic rings. The highest BCUT2D eigenvalue weighted by atomic mass is 32.1. The van der Waals surface area contributed by atoms with Crippen molar-refractivity contribution in [3.05, 3.63) is 22.4 Å². The maximum absolute atomic E-state index is 11.8. The molecule has 0 aliphatic rings. The normalized spacial score (nSPS) is 14.1. The van der Waals surface area contributed by atoms with Crippen LogP contribution in [0.15, 0.2) is 17.5 Å². The lowest BCUT2D eigenvalue weighted by atomic mass is 10.3. The van der Waals surface area contributed by atoms with Crippen LogP contribution in [0.25, 0.3) is 0 Å². The van der Waals surface area contributed by atoms with E-state index in [2.05, 4.69) is 0 Å². The van der Waals surface area contributed by atoms with Gasteiger partial charge >= 0.3 is 6.18 Å². The van der Waals surface area contributed by atoms with Crippen LogP contribution in [0, 0.1) is 0 Å². The molecule has 0 spiro atoms. The molecule has 0 saturated heterocycles. The van der Waals surface area contributed by atoms with E-state index in [0.29, 0.717) is 0 Å². The zero-order valence-electron chi connectivity index (χ0n) is 7.96. The van der Waals surface area contributed by atoms with E-state index >= 15 is 0 Å². The van der Waals surface area contributed by atoms with Crippen molar-refractivity contribution >= 4 is 11.3 Å². The van der Waals surface area contributed by atoms with Gasteiger partial charge in [0, 0.05) is 11.4 Å². The number of alkyl halides is 3. The summed E-state index contributed by atoms with van der Waals surface area (Å²) >= 11 is 1.43. The molecule has 15 heavy (non-hydrogen) atoms. The van der Waals surface area contributed by atoms with Crippen LogP contribution in [0.1, 0.15) is 17.4 Å². The Morgan fingerprint density at radius 3 is 2.67 bits per heavy atom. The lowest BCUT2D eigenvalue weighted by molar-refractivity contribution is -0.148. The SMILES string of the molecule is NCC(OCCC(F)(F)F)c1cccs1. The number of ether oxygens (including phenoxy) is 1. The molecule has 6 heteroatoms. The molecule has 2 N–H and O–H groups in total. The van der Waals surface area contributed by atoms with Gasteiger partial charge in [-0.3, -0.25) is 0 Å². The van der Waals surface area contributed by atoms with E-state index < -0.39 is 18.7 Å². The minimum Gasteiger partial charge on any atom is -0.371 e. The zero-order chi connectivity index (χ0) is 11.3. The van der Waals surface area contributed by atoms with Crippen LogP contribution in [-0.4, -0.2) is 19.3 Å². The van der Waals surface area contributed by atoms with Gasteiger partial charge in [-0.15, -0.1) is 11.3 Å². The van der Waals surface area contributed by atoms with Crippen LogP contribution in [-0.2, 0) is 4.74 Å². The summed E-state index contributed by atoms with van der Waals surface area (Å²) in [7, 11) is 0. The van der Waals surface area contributed by atoms with Crippen LogP contribution in [0.3, 0.4) is 0 Å². The Morgan fingerprint density at radius 2 is 2.20 bits per heavy atom. The quantitative estimate of drug-likeness (QED) is 0.857. The highest BCUT2D eigenvalue weighted by Crippen LogP contribution is 2.24. The van der Waals surface area contributed by atoms with Gasteiger partial charge in [-0.05, 0) is 11.4 Å². The van der Waals surface area contributed by atoms with E-state index in [1.54, 1.807) is 6.07 Å². The molecular weight excluding hydrogens is 227 g/mol. The van der Waals surface area contributed by atoms with Crippen LogP contribution >= 0.6 is 11.3 Å². The molecule has 0 bridgehead atoms. The lowest BCUT2D eigenvalue weighted by Gasteiger charge is -2.15. The van der Waals surface area contributed by atoms with Crippen molar-refractivity contribution in [3.63, 3.8) is 0 Å². The van der Waals surface area contributed by atoms with Crippen LogP contribution in [0.4, 0.5) is 13.2 Å². The van der Waals surface area contributed by atoms with Gasteiger partial charge in [-0.1, -0.05) is 6.07 Å². The van der Waals surface area contributed by atoms with Gasteiger partial charge < -0.3 is 10.5 Å². The van der Waals surface area contributed by atoms with Gasteiger partial charge in [-0.2, -0.15) is 13.2 Å². The summed E-state index contributed by atoms with van der Waals surface area (Å²) in [6, 6.07) is 3.62. The molecule has 1 unspecified atom stereocenters. The fourth-order valence-corrected chi connectivity index (χ4v) is 1.85. The number of halogens is 3. The molecule has 1 heterocycles. The van der Waals surface area contributed by atoms with Gasteiger partial charge in [-0.25, -0.2) is 0 Å². The number of rotatable bonds is 5. The molecule has 0 aromatic carbocycles. The third kappa shape index (κ3) is 4.63. The number of thiophene rings is 1. The Morgan fingerprint density at radius 1 is 1.47 bits per heavy atom. The molecule has 0 fully saturated rings. The molecule has 1 atom stereocenters. The molecule has 0 aliphatic carbocycles. The summed E-state index contributed by atoms with van der Waals surface area (Å²) in [5.74, 6) is 0. The highest BCUT2D eigenvalue weighted by Gasteiger charge is 2.27. The van der Waals surface area contributed by atoms with E-state index in [0.717, 1.165) is 4.88 Å². The first kappa shape index (κ1) is 12.5. The second-order valence-corrected chi connectivity index (χ2v) is 3.96.